The van der Waals surface area contributed by atoms with Crippen molar-refractivity contribution in [3.8, 4) is 11.5 Å². The van der Waals surface area contributed by atoms with Gasteiger partial charge in [-0.05, 0) is 64.3 Å². The fourth-order valence-corrected chi connectivity index (χ4v) is 2.19. The molecule has 0 saturated carbocycles. The summed E-state index contributed by atoms with van der Waals surface area (Å²) in [6.45, 7) is 1.70. The molecule has 4 heteroatoms. The first-order valence-corrected chi connectivity index (χ1v) is 6.71. The van der Waals surface area contributed by atoms with E-state index < -0.39 is 0 Å². The van der Waals surface area contributed by atoms with E-state index in [-0.39, 0.29) is 5.82 Å². The summed E-state index contributed by atoms with van der Waals surface area (Å²) in [6.07, 6.45) is 0. The molecule has 0 fully saturated rings. The van der Waals surface area contributed by atoms with Gasteiger partial charge in [0.25, 0.3) is 0 Å². The lowest BCUT2D eigenvalue weighted by Gasteiger charge is -2.09. The Bertz CT molecular complexity index is 572. The summed E-state index contributed by atoms with van der Waals surface area (Å²) in [7, 11) is 0. The Kier molecular flexibility index (Phi) is 4.25. The number of rotatable bonds is 3. The maximum Gasteiger partial charge on any atom is 0.141 e. The van der Waals surface area contributed by atoms with Crippen molar-refractivity contribution in [2.45, 2.75) is 12.8 Å². The topological polar surface area (TPSA) is 9.23 Å². The standard InChI is InChI=1S/C14H11BrClFO/c1-9-6-11(3-4-13(9)17)18-14-5-2-10(8-16)7-12(14)15/h2-7H,8H2,1H3. The van der Waals surface area contributed by atoms with Crippen LogP contribution in [0, 0.1) is 12.7 Å². The van der Waals surface area contributed by atoms with Crippen LogP contribution < -0.4 is 4.74 Å². The second-order valence-corrected chi connectivity index (χ2v) is 5.03. The van der Waals surface area contributed by atoms with Crippen molar-refractivity contribution >= 4 is 27.5 Å². The molecule has 0 spiro atoms. The minimum atomic E-state index is -0.237. The van der Waals surface area contributed by atoms with Crippen molar-refractivity contribution in [3.63, 3.8) is 0 Å². The van der Waals surface area contributed by atoms with Gasteiger partial charge in [-0.25, -0.2) is 4.39 Å². The second-order valence-electron chi connectivity index (χ2n) is 3.91. The van der Waals surface area contributed by atoms with Crippen LogP contribution >= 0.6 is 27.5 Å². The number of alkyl halides is 1. The maximum absolute atomic E-state index is 13.1. The number of benzene rings is 2. The summed E-state index contributed by atoms with van der Waals surface area (Å²) in [4.78, 5) is 0. The molecule has 2 rings (SSSR count). The van der Waals surface area contributed by atoms with Crippen LogP contribution in [-0.4, -0.2) is 0 Å². The molecule has 0 aliphatic carbocycles. The Morgan fingerprint density at radius 1 is 1.22 bits per heavy atom. The van der Waals surface area contributed by atoms with E-state index in [0.717, 1.165) is 10.0 Å². The quantitative estimate of drug-likeness (QED) is 0.682. The molecule has 0 radical (unpaired) electrons. The average molecular weight is 330 g/mol. The number of aryl methyl sites for hydroxylation is 1. The third-order valence-corrected chi connectivity index (χ3v) is 3.44. The Labute approximate surface area is 119 Å². The average Bonchev–Trinajstić information content (AvgIpc) is 2.36. The smallest absolute Gasteiger partial charge is 0.141 e. The molecule has 0 heterocycles. The Morgan fingerprint density at radius 3 is 2.61 bits per heavy atom. The van der Waals surface area contributed by atoms with Gasteiger partial charge < -0.3 is 4.74 Å². The molecule has 18 heavy (non-hydrogen) atoms. The fourth-order valence-electron chi connectivity index (χ4n) is 1.52. The zero-order valence-corrected chi connectivity index (χ0v) is 12.1. The summed E-state index contributed by atoms with van der Waals surface area (Å²) in [5, 5.41) is 0. The van der Waals surface area contributed by atoms with E-state index in [1.807, 2.05) is 18.2 Å². The zero-order chi connectivity index (χ0) is 13.1. The van der Waals surface area contributed by atoms with Crippen LogP contribution in [0.3, 0.4) is 0 Å². The van der Waals surface area contributed by atoms with E-state index in [1.165, 1.54) is 6.07 Å². The van der Waals surface area contributed by atoms with E-state index in [1.54, 1.807) is 19.1 Å². The third-order valence-electron chi connectivity index (χ3n) is 2.51. The van der Waals surface area contributed by atoms with Gasteiger partial charge in [0.05, 0.1) is 4.47 Å². The van der Waals surface area contributed by atoms with Gasteiger partial charge in [0, 0.05) is 5.88 Å². The minimum absolute atomic E-state index is 0.237. The van der Waals surface area contributed by atoms with Crippen LogP contribution in [-0.2, 0) is 5.88 Å². The molecule has 0 aliphatic heterocycles. The molecule has 0 atom stereocenters. The van der Waals surface area contributed by atoms with Crippen LogP contribution in [0.1, 0.15) is 11.1 Å². The third kappa shape index (κ3) is 3.03. The molecule has 2 aromatic carbocycles. The minimum Gasteiger partial charge on any atom is -0.456 e. The van der Waals surface area contributed by atoms with Crippen molar-refractivity contribution in [1.82, 2.24) is 0 Å². The maximum atomic E-state index is 13.1. The lowest BCUT2D eigenvalue weighted by molar-refractivity contribution is 0.476. The summed E-state index contributed by atoms with van der Waals surface area (Å²) in [6, 6.07) is 10.3. The highest BCUT2D eigenvalue weighted by atomic mass is 79.9. The van der Waals surface area contributed by atoms with Crippen molar-refractivity contribution in [3.05, 3.63) is 57.8 Å². The molecule has 2 aromatic rings. The summed E-state index contributed by atoms with van der Waals surface area (Å²) >= 11 is 9.17. The largest absolute Gasteiger partial charge is 0.456 e. The predicted molar refractivity (Wildman–Crippen MR) is 74.9 cm³/mol. The number of hydrogen-bond donors (Lipinski definition) is 0. The molecule has 94 valence electrons. The van der Waals surface area contributed by atoms with E-state index >= 15 is 0 Å². The second kappa shape index (κ2) is 5.72. The van der Waals surface area contributed by atoms with Crippen LogP contribution in [0.4, 0.5) is 4.39 Å². The van der Waals surface area contributed by atoms with Crippen molar-refractivity contribution in [2.24, 2.45) is 0 Å². The number of ether oxygens (including phenoxy) is 1. The van der Waals surface area contributed by atoms with Crippen molar-refractivity contribution < 1.29 is 9.13 Å². The molecule has 1 nitrogen and oxygen atoms in total. The highest BCUT2D eigenvalue weighted by molar-refractivity contribution is 9.10. The highest BCUT2D eigenvalue weighted by Crippen LogP contribution is 2.31. The van der Waals surface area contributed by atoms with Gasteiger partial charge in [-0.15, -0.1) is 11.6 Å². The normalized spacial score (nSPS) is 10.4. The van der Waals surface area contributed by atoms with Gasteiger partial charge in [0.2, 0.25) is 0 Å². The van der Waals surface area contributed by atoms with Crippen LogP contribution in [0.5, 0.6) is 11.5 Å². The molecular weight excluding hydrogens is 319 g/mol. The van der Waals surface area contributed by atoms with Gasteiger partial charge in [-0.1, -0.05) is 6.07 Å². The van der Waals surface area contributed by atoms with E-state index in [9.17, 15) is 4.39 Å². The first kappa shape index (κ1) is 13.4. The van der Waals surface area contributed by atoms with E-state index in [0.29, 0.717) is 22.9 Å². The van der Waals surface area contributed by atoms with Crippen LogP contribution in [0.15, 0.2) is 40.9 Å². The molecule has 0 unspecified atom stereocenters. The van der Waals surface area contributed by atoms with Crippen LogP contribution in [0.2, 0.25) is 0 Å². The zero-order valence-electron chi connectivity index (χ0n) is 9.71. The Balaban J connectivity index is 2.25. The van der Waals surface area contributed by atoms with Gasteiger partial charge >= 0.3 is 0 Å². The number of halogens is 3. The van der Waals surface area contributed by atoms with Gasteiger partial charge in [-0.3, -0.25) is 0 Å². The highest BCUT2D eigenvalue weighted by Gasteiger charge is 2.05. The summed E-state index contributed by atoms with van der Waals surface area (Å²) in [5.74, 6) is 1.50. The molecule has 0 N–H and O–H groups in total. The monoisotopic (exact) mass is 328 g/mol. The lowest BCUT2D eigenvalue weighted by atomic mass is 10.2. The summed E-state index contributed by atoms with van der Waals surface area (Å²) in [5.41, 5.74) is 1.56. The van der Waals surface area contributed by atoms with Crippen LogP contribution in [0.25, 0.3) is 0 Å². The Morgan fingerprint density at radius 2 is 2.00 bits per heavy atom. The Hall–Kier alpha value is -1.06. The lowest BCUT2D eigenvalue weighted by Crippen LogP contribution is -1.89. The molecule has 0 bridgehead atoms. The summed E-state index contributed by atoms with van der Waals surface area (Å²) < 4.78 is 19.6. The molecule has 0 saturated heterocycles. The molecule has 0 aromatic heterocycles. The van der Waals surface area contributed by atoms with Gasteiger partial charge in [0.15, 0.2) is 0 Å². The van der Waals surface area contributed by atoms with Gasteiger partial charge in [-0.2, -0.15) is 0 Å². The molecular formula is C14H11BrClFO. The van der Waals surface area contributed by atoms with Crippen molar-refractivity contribution in [2.75, 3.05) is 0 Å². The van der Waals surface area contributed by atoms with Crippen molar-refractivity contribution in [1.29, 1.82) is 0 Å². The first-order chi connectivity index (χ1) is 8.60. The van der Waals surface area contributed by atoms with E-state index in [2.05, 4.69) is 15.9 Å². The van der Waals surface area contributed by atoms with Gasteiger partial charge in [0.1, 0.15) is 17.3 Å². The molecule has 0 aliphatic rings. The SMILES string of the molecule is Cc1cc(Oc2ccc(CCl)cc2Br)ccc1F. The number of hydrogen-bond acceptors (Lipinski definition) is 1. The first-order valence-electron chi connectivity index (χ1n) is 5.38. The predicted octanol–water partition coefficient (Wildman–Crippen LogP) is 5.43. The molecule has 0 amide bonds. The fraction of sp³-hybridized carbons (Fsp3) is 0.143. The van der Waals surface area contributed by atoms with E-state index in [4.69, 9.17) is 16.3 Å².